The minimum absolute atomic E-state index is 0.486. The Kier molecular flexibility index (Phi) is 2.08. The number of benzene rings is 1. The van der Waals surface area contributed by atoms with Crippen LogP contribution in [0.2, 0.25) is 0 Å². The molecule has 0 unspecified atom stereocenters. The predicted octanol–water partition coefficient (Wildman–Crippen LogP) is 2.73. The third-order valence-corrected chi connectivity index (χ3v) is 4.06. The maximum absolute atomic E-state index is 5.40. The summed E-state index contributed by atoms with van der Waals surface area (Å²) in [6.45, 7) is 0.702. The van der Waals surface area contributed by atoms with Crippen LogP contribution in [0.5, 0.6) is 0 Å². The molecule has 3 aromatic rings. The molecular formula is C15H13N5O. The summed E-state index contributed by atoms with van der Waals surface area (Å²) in [5, 5.41) is 7.48. The zero-order valence-corrected chi connectivity index (χ0v) is 11.3. The molecule has 0 spiro atoms. The first kappa shape index (κ1) is 11.1. The van der Waals surface area contributed by atoms with Crippen molar-refractivity contribution in [1.82, 2.24) is 19.7 Å². The van der Waals surface area contributed by atoms with Crippen molar-refractivity contribution in [2.75, 3.05) is 5.32 Å². The van der Waals surface area contributed by atoms with E-state index in [1.54, 1.807) is 0 Å². The summed E-state index contributed by atoms with van der Waals surface area (Å²) in [6.07, 6.45) is 4.15. The van der Waals surface area contributed by atoms with Crippen molar-refractivity contribution in [1.29, 1.82) is 0 Å². The molecule has 2 aromatic heterocycles. The van der Waals surface area contributed by atoms with Crippen molar-refractivity contribution in [3.63, 3.8) is 0 Å². The number of aromatic nitrogens is 4. The van der Waals surface area contributed by atoms with Crippen LogP contribution >= 0.6 is 0 Å². The fourth-order valence-electron chi connectivity index (χ4n) is 2.78. The maximum Gasteiger partial charge on any atom is 0.278 e. The van der Waals surface area contributed by atoms with E-state index in [4.69, 9.17) is 4.52 Å². The predicted molar refractivity (Wildman–Crippen MR) is 76.2 cm³/mol. The number of fused-ring (bicyclic) bond motifs is 3. The van der Waals surface area contributed by atoms with Crippen LogP contribution in [-0.4, -0.2) is 19.7 Å². The molecule has 5 rings (SSSR count). The summed E-state index contributed by atoms with van der Waals surface area (Å²) in [5.41, 5.74) is 4.04. The van der Waals surface area contributed by atoms with E-state index in [-0.39, 0.29) is 0 Å². The average molecular weight is 279 g/mol. The van der Waals surface area contributed by atoms with Crippen LogP contribution in [0.15, 0.2) is 35.1 Å². The Hall–Kier alpha value is -2.63. The summed E-state index contributed by atoms with van der Waals surface area (Å²) in [7, 11) is 0. The molecule has 6 nitrogen and oxygen atoms in total. The zero-order chi connectivity index (χ0) is 13.8. The minimum atomic E-state index is 0.486. The number of hydrogen-bond donors (Lipinski definition) is 1. The van der Waals surface area contributed by atoms with Gasteiger partial charge < -0.3 is 9.84 Å². The second kappa shape index (κ2) is 3.94. The molecule has 1 N–H and O–H groups in total. The van der Waals surface area contributed by atoms with Gasteiger partial charge in [-0.1, -0.05) is 17.3 Å². The Labute approximate surface area is 120 Å². The highest BCUT2D eigenvalue weighted by molar-refractivity contribution is 5.67. The molecule has 21 heavy (non-hydrogen) atoms. The lowest BCUT2D eigenvalue weighted by Crippen LogP contribution is -2.14. The van der Waals surface area contributed by atoms with E-state index in [0.29, 0.717) is 18.4 Å². The third-order valence-electron chi connectivity index (χ3n) is 4.06. The van der Waals surface area contributed by atoms with Crippen LogP contribution in [0.4, 0.5) is 5.69 Å². The Balaban J connectivity index is 1.62. The smallest absolute Gasteiger partial charge is 0.278 e. The van der Waals surface area contributed by atoms with E-state index >= 15 is 0 Å². The van der Waals surface area contributed by atoms with Crippen LogP contribution in [0, 0.1) is 0 Å². The van der Waals surface area contributed by atoms with Gasteiger partial charge in [-0.25, -0.2) is 4.98 Å². The molecule has 104 valence electrons. The van der Waals surface area contributed by atoms with Crippen molar-refractivity contribution in [2.24, 2.45) is 0 Å². The van der Waals surface area contributed by atoms with E-state index in [1.165, 1.54) is 0 Å². The number of rotatable bonds is 2. The molecule has 0 saturated heterocycles. The van der Waals surface area contributed by atoms with Gasteiger partial charge in [-0.15, -0.1) is 0 Å². The molecule has 0 radical (unpaired) electrons. The lowest BCUT2D eigenvalue weighted by atomic mass is 10.2. The van der Waals surface area contributed by atoms with Gasteiger partial charge in [0.05, 0.1) is 23.6 Å². The van der Waals surface area contributed by atoms with Gasteiger partial charge in [0.25, 0.3) is 5.89 Å². The van der Waals surface area contributed by atoms with E-state index in [1.807, 2.05) is 18.5 Å². The van der Waals surface area contributed by atoms with Crippen molar-refractivity contribution in [3.8, 4) is 17.3 Å². The van der Waals surface area contributed by atoms with Crippen molar-refractivity contribution in [3.05, 3.63) is 42.1 Å². The molecule has 6 heteroatoms. The SMILES string of the molecule is c1ccc2c(c1)NCc1c(-c3nc(C4CC4)no3)ncn1-2. The van der Waals surface area contributed by atoms with E-state index in [0.717, 1.165) is 41.4 Å². The molecule has 1 aromatic carbocycles. The monoisotopic (exact) mass is 279 g/mol. The van der Waals surface area contributed by atoms with Crippen LogP contribution in [0.1, 0.15) is 30.3 Å². The first-order valence-electron chi connectivity index (χ1n) is 7.13. The van der Waals surface area contributed by atoms with Gasteiger partial charge in [-0.2, -0.15) is 4.98 Å². The molecule has 0 amide bonds. The number of para-hydroxylation sites is 2. The average Bonchev–Trinajstić information content (AvgIpc) is 3.11. The maximum atomic E-state index is 5.40. The number of nitrogens with one attached hydrogen (secondary N) is 1. The number of anilines is 1. The summed E-state index contributed by atoms with van der Waals surface area (Å²) < 4.78 is 7.49. The molecule has 0 atom stereocenters. The highest BCUT2D eigenvalue weighted by atomic mass is 16.5. The van der Waals surface area contributed by atoms with Crippen LogP contribution < -0.4 is 5.32 Å². The van der Waals surface area contributed by atoms with Gasteiger partial charge in [0.2, 0.25) is 0 Å². The van der Waals surface area contributed by atoms with E-state index < -0.39 is 0 Å². The standard InChI is InChI=1S/C15H13N5O/c1-2-4-11-10(3-1)16-7-12-13(17-8-20(11)12)15-18-14(19-21-15)9-5-6-9/h1-4,8-9,16H,5-7H2. The summed E-state index contributed by atoms with van der Waals surface area (Å²) >= 11 is 0. The largest absolute Gasteiger partial charge is 0.378 e. The van der Waals surface area contributed by atoms with E-state index in [2.05, 4.69) is 37.1 Å². The van der Waals surface area contributed by atoms with Crippen molar-refractivity contribution < 1.29 is 4.52 Å². The van der Waals surface area contributed by atoms with Gasteiger partial charge in [-0.05, 0) is 25.0 Å². The first-order valence-corrected chi connectivity index (χ1v) is 7.13. The molecule has 3 heterocycles. The topological polar surface area (TPSA) is 68.8 Å². The Morgan fingerprint density at radius 3 is 3.05 bits per heavy atom. The molecule has 0 bridgehead atoms. The van der Waals surface area contributed by atoms with Gasteiger partial charge in [0, 0.05) is 5.92 Å². The molecule has 1 saturated carbocycles. The number of nitrogens with zero attached hydrogens (tertiary/aromatic N) is 4. The lowest BCUT2D eigenvalue weighted by Gasteiger charge is -2.20. The Bertz CT molecular complexity index is 830. The van der Waals surface area contributed by atoms with Gasteiger partial charge in [0.1, 0.15) is 6.33 Å². The van der Waals surface area contributed by atoms with E-state index in [9.17, 15) is 0 Å². The molecule has 1 fully saturated rings. The van der Waals surface area contributed by atoms with Gasteiger partial charge >= 0.3 is 0 Å². The first-order chi connectivity index (χ1) is 10.4. The molecule has 2 aliphatic rings. The van der Waals surface area contributed by atoms with Crippen LogP contribution in [0.3, 0.4) is 0 Å². The molecular weight excluding hydrogens is 266 g/mol. The highest BCUT2D eigenvalue weighted by Gasteiger charge is 2.30. The van der Waals surface area contributed by atoms with Crippen LogP contribution in [0.25, 0.3) is 17.3 Å². The van der Waals surface area contributed by atoms with Gasteiger partial charge in [-0.3, -0.25) is 4.57 Å². The Morgan fingerprint density at radius 1 is 1.24 bits per heavy atom. The molecule has 1 aliphatic heterocycles. The third kappa shape index (κ3) is 1.62. The summed E-state index contributed by atoms with van der Waals surface area (Å²) in [6, 6.07) is 8.18. The second-order valence-corrected chi connectivity index (χ2v) is 5.51. The quantitative estimate of drug-likeness (QED) is 0.781. The lowest BCUT2D eigenvalue weighted by molar-refractivity contribution is 0.421. The second-order valence-electron chi connectivity index (χ2n) is 5.51. The van der Waals surface area contributed by atoms with Gasteiger partial charge in [0.15, 0.2) is 11.5 Å². The normalized spacial score (nSPS) is 16.2. The van der Waals surface area contributed by atoms with Crippen LogP contribution in [-0.2, 0) is 6.54 Å². The number of imidazole rings is 1. The summed E-state index contributed by atoms with van der Waals surface area (Å²) in [5.74, 6) is 1.82. The fraction of sp³-hybridized carbons (Fsp3) is 0.267. The Morgan fingerprint density at radius 2 is 2.14 bits per heavy atom. The van der Waals surface area contributed by atoms with Crippen molar-refractivity contribution >= 4 is 5.69 Å². The fourth-order valence-corrected chi connectivity index (χ4v) is 2.78. The zero-order valence-electron chi connectivity index (χ0n) is 11.3. The molecule has 1 aliphatic carbocycles. The minimum Gasteiger partial charge on any atom is -0.378 e. The summed E-state index contributed by atoms with van der Waals surface area (Å²) in [4.78, 5) is 8.98. The van der Waals surface area contributed by atoms with Crippen molar-refractivity contribution in [2.45, 2.75) is 25.3 Å². The highest BCUT2D eigenvalue weighted by Crippen LogP contribution is 2.39. The number of hydrogen-bond acceptors (Lipinski definition) is 5.